The minimum atomic E-state index is -1.20. The number of nitro benzene ring substituents is 1. The van der Waals surface area contributed by atoms with Gasteiger partial charge in [0.05, 0.1) is 24.5 Å². The number of ether oxygens (including phenoxy) is 1. The summed E-state index contributed by atoms with van der Waals surface area (Å²) in [5.74, 6) is -2.44. The maximum atomic E-state index is 13.5. The van der Waals surface area contributed by atoms with E-state index in [0.29, 0.717) is 6.07 Å². The lowest BCUT2D eigenvalue weighted by atomic mass is 10.0. The van der Waals surface area contributed by atoms with Crippen LogP contribution in [0.4, 0.5) is 10.1 Å². The molecule has 1 atom stereocenters. The van der Waals surface area contributed by atoms with Gasteiger partial charge in [-0.2, -0.15) is 0 Å². The number of nitrogens with zero attached hydrogens (tertiary/aromatic N) is 1. The second kappa shape index (κ2) is 5.41. The Kier molecular flexibility index (Phi) is 4.16. The molecule has 0 fully saturated rings. The third-order valence-electron chi connectivity index (χ3n) is 2.27. The molecule has 0 heterocycles. The van der Waals surface area contributed by atoms with Crippen LogP contribution in [0.3, 0.4) is 0 Å². The first kappa shape index (κ1) is 13.8. The zero-order chi connectivity index (χ0) is 13.9. The Hall–Kier alpha value is -2.22. The molecule has 18 heavy (non-hydrogen) atoms. The van der Waals surface area contributed by atoms with Gasteiger partial charge in [0.1, 0.15) is 0 Å². The third-order valence-corrected chi connectivity index (χ3v) is 2.27. The van der Waals surface area contributed by atoms with Crippen molar-refractivity contribution >= 4 is 11.7 Å². The quantitative estimate of drug-likeness (QED) is 0.605. The molecule has 7 nitrogen and oxygen atoms in total. The van der Waals surface area contributed by atoms with Crippen LogP contribution in [-0.4, -0.2) is 23.1 Å². The summed E-state index contributed by atoms with van der Waals surface area (Å²) in [7, 11) is 1.17. The molecule has 1 aromatic rings. The number of hydrogen-bond acceptors (Lipinski definition) is 5. The smallest absolute Gasteiger partial charge is 0.305 e. The van der Waals surface area contributed by atoms with Crippen LogP contribution in [-0.2, 0) is 4.79 Å². The molecule has 1 rings (SSSR count). The van der Waals surface area contributed by atoms with Crippen LogP contribution in [0.5, 0.6) is 5.75 Å². The molecule has 0 aliphatic carbocycles. The summed E-state index contributed by atoms with van der Waals surface area (Å²) in [4.78, 5) is 20.3. The zero-order valence-electron chi connectivity index (χ0n) is 9.42. The predicted octanol–water partition coefficient (Wildman–Crippen LogP) is 1.22. The normalized spacial score (nSPS) is 11.9. The Morgan fingerprint density at radius 2 is 2.28 bits per heavy atom. The topological polar surface area (TPSA) is 116 Å². The minimum Gasteiger partial charge on any atom is -0.493 e. The van der Waals surface area contributed by atoms with E-state index in [1.54, 1.807) is 0 Å². The van der Waals surface area contributed by atoms with E-state index in [-0.39, 0.29) is 11.3 Å². The van der Waals surface area contributed by atoms with E-state index in [1.807, 2.05) is 0 Å². The highest BCUT2D eigenvalue weighted by Crippen LogP contribution is 2.32. The summed E-state index contributed by atoms with van der Waals surface area (Å²) >= 11 is 0. The van der Waals surface area contributed by atoms with Crippen molar-refractivity contribution in [1.82, 2.24) is 0 Å². The van der Waals surface area contributed by atoms with Gasteiger partial charge in [0, 0.05) is 17.7 Å². The molecule has 0 aliphatic heterocycles. The van der Waals surface area contributed by atoms with Gasteiger partial charge in [-0.15, -0.1) is 0 Å². The molecule has 1 unspecified atom stereocenters. The Labute approximate surface area is 101 Å². The number of methoxy groups -OCH3 is 1. The second-order valence-electron chi connectivity index (χ2n) is 3.51. The zero-order valence-corrected chi connectivity index (χ0v) is 9.42. The van der Waals surface area contributed by atoms with E-state index in [1.165, 1.54) is 7.11 Å². The van der Waals surface area contributed by atoms with E-state index < -0.39 is 34.9 Å². The molecule has 0 saturated heterocycles. The first-order chi connectivity index (χ1) is 8.36. The maximum absolute atomic E-state index is 13.5. The van der Waals surface area contributed by atoms with Crippen LogP contribution < -0.4 is 10.5 Å². The van der Waals surface area contributed by atoms with Gasteiger partial charge in [-0.1, -0.05) is 0 Å². The first-order valence-electron chi connectivity index (χ1n) is 4.86. The van der Waals surface area contributed by atoms with Crippen molar-refractivity contribution in [2.45, 2.75) is 12.5 Å². The number of carbonyl (C=O) groups is 1. The molecule has 0 saturated carbocycles. The molecule has 0 spiro atoms. The number of halogens is 1. The van der Waals surface area contributed by atoms with Gasteiger partial charge in [-0.05, 0) is 0 Å². The number of hydrogen-bond donors (Lipinski definition) is 2. The number of benzene rings is 1. The number of non-ortho nitro benzene ring substituents is 1. The van der Waals surface area contributed by atoms with Gasteiger partial charge in [0.25, 0.3) is 5.69 Å². The largest absolute Gasteiger partial charge is 0.493 e. The summed E-state index contributed by atoms with van der Waals surface area (Å²) in [6.45, 7) is 0. The van der Waals surface area contributed by atoms with Gasteiger partial charge >= 0.3 is 5.97 Å². The molecule has 3 N–H and O–H groups in total. The molecule has 1 aromatic carbocycles. The fourth-order valence-corrected chi connectivity index (χ4v) is 1.49. The highest BCUT2D eigenvalue weighted by molar-refractivity contribution is 5.68. The van der Waals surface area contributed by atoms with Crippen LogP contribution >= 0.6 is 0 Å². The molecule has 98 valence electrons. The average molecular weight is 258 g/mol. The van der Waals surface area contributed by atoms with Gasteiger partial charge in [0.2, 0.25) is 0 Å². The third kappa shape index (κ3) is 2.92. The van der Waals surface area contributed by atoms with Gasteiger partial charge in [-0.3, -0.25) is 14.9 Å². The van der Waals surface area contributed by atoms with Crippen LogP contribution in [0.25, 0.3) is 0 Å². The van der Waals surface area contributed by atoms with E-state index in [4.69, 9.17) is 15.6 Å². The maximum Gasteiger partial charge on any atom is 0.305 e. The van der Waals surface area contributed by atoms with Crippen molar-refractivity contribution in [2.24, 2.45) is 5.73 Å². The van der Waals surface area contributed by atoms with Gasteiger partial charge in [-0.25, -0.2) is 4.39 Å². The van der Waals surface area contributed by atoms with Crippen molar-refractivity contribution in [3.8, 4) is 5.75 Å². The Balaban J connectivity index is 3.29. The average Bonchev–Trinajstić information content (AvgIpc) is 2.26. The monoisotopic (exact) mass is 258 g/mol. The van der Waals surface area contributed by atoms with Crippen molar-refractivity contribution in [1.29, 1.82) is 0 Å². The van der Waals surface area contributed by atoms with Gasteiger partial charge < -0.3 is 15.6 Å². The summed E-state index contributed by atoms with van der Waals surface area (Å²) in [6, 6.07) is 0.609. The summed E-state index contributed by atoms with van der Waals surface area (Å²) in [6.07, 6.45) is -0.489. The molecular weight excluding hydrogens is 247 g/mol. The summed E-state index contributed by atoms with van der Waals surface area (Å²) < 4.78 is 18.3. The number of rotatable bonds is 5. The number of nitro groups is 1. The minimum absolute atomic E-state index is 0.0494. The molecule has 0 amide bonds. The number of carboxylic acid groups (broad SMARTS) is 1. The lowest BCUT2D eigenvalue weighted by Crippen LogP contribution is -2.16. The molecule has 0 aliphatic rings. The first-order valence-corrected chi connectivity index (χ1v) is 4.86. The summed E-state index contributed by atoms with van der Waals surface area (Å²) in [5.41, 5.74) is 5.00. The van der Waals surface area contributed by atoms with Crippen molar-refractivity contribution < 1.29 is 24.0 Å². The SMILES string of the molecule is COc1c(F)cc([N+](=O)[O-])cc1C(N)CC(=O)O. The van der Waals surface area contributed by atoms with E-state index in [2.05, 4.69) is 0 Å². The Bertz CT molecular complexity index is 491. The standard InChI is InChI=1S/C10H11FN2O5/c1-18-10-6(8(12)4-9(14)15)2-5(13(16)17)3-7(10)11/h2-3,8H,4,12H2,1H3,(H,14,15). The number of nitrogens with two attached hydrogens (primary N) is 1. The van der Waals surface area contributed by atoms with E-state index in [9.17, 15) is 19.3 Å². The van der Waals surface area contributed by atoms with Crippen LogP contribution in [0.1, 0.15) is 18.0 Å². The van der Waals surface area contributed by atoms with Crippen LogP contribution in [0.2, 0.25) is 0 Å². The Morgan fingerprint density at radius 1 is 1.67 bits per heavy atom. The highest BCUT2D eigenvalue weighted by Gasteiger charge is 2.23. The second-order valence-corrected chi connectivity index (χ2v) is 3.51. The number of carboxylic acids is 1. The van der Waals surface area contributed by atoms with E-state index >= 15 is 0 Å². The molecule has 0 radical (unpaired) electrons. The van der Waals surface area contributed by atoms with Gasteiger partial charge in [0.15, 0.2) is 11.6 Å². The summed E-state index contributed by atoms with van der Waals surface area (Å²) in [5, 5.41) is 19.2. The Morgan fingerprint density at radius 3 is 2.72 bits per heavy atom. The molecule has 0 bridgehead atoms. The van der Waals surface area contributed by atoms with E-state index in [0.717, 1.165) is 6.07 Å². The number of aliphatic carboxylic acids is 1. The molecule has 0 aromatic heterocycles. The fraction of sp³-hybridized carbons (Fsp3) is 0.300. The predicted molar refractivity (Wildman–Crippen MR) is 58.8 cm³/mol. The van der Waals surface area contributed by atoms with Crippen LogP contribution in [0, 0.1) is 15.9 Å². The fourth-order valence-electron chi connectivity index (χ4n) is 1.49. The highest BCUT2D eigenvalue weighted by atomic mass is 19.1. The molecule has 8 heteroatoms. The molecular formula is C10H11FN2O5. The van der Waals surface area contributed by atoms with Crippen molar-refractivity contribution in [2.75, 3.05) is 7.11 Å². The lowest BCUT2D eigenvalue weighted by Gasteiger charge is -2.14. The van der Waals surface area contributed by atoms with Crippen molar-refractivity contribution in [3.63, 3.8) is 0 Å². The van der Waals surface area contributed by atoms with Crippen LogP contribution in [0.15, 0.2) is 12.1 Å². The lowest BCUT2D eigenvalue weighted by molar-refractivity contribution is -0.385. The van der Waals surface area contributed by atoms with Crippen molar-refractivity contribution in [3.05, 3.63) is 33.6 Å².